The third-order valence-corrected chi connectivity index (χ3v) is 4.82. The van der Waals surface area contributed by atoms with Crippen LogP contribution in [0, 0.1) is 6.92 Å². The van der Waals surface area contributed by atoms with Gasteiger partial charge in [0.2, 0.25) is 6.79 Å². The van der Waals surface area contributed by atoms with Gasteiger partial charge >= 0.3 is 0 Å². The van der Waals surface area contributed by atoms with Crippen molar-refractivity contribution in [1.29, 1.82) is 0 Å². The number of aliphatic imine (C=N–C) groups is 1. The van der Waals surface area contributed by atoms with Crippen LogP contribution in [0.3, 0.4) is 0 Å². The Morgan fingerprint density at radius 1 is 1.14 bits per heavy atom. The highest BCUT2D eigenvalue weighted by molar-refractivity contribution is 5.79. The number of ether oxygens (including phenoxy) is 2. The lowest BCUT2D eigenvalue weighted by atomic mass is 10.1. The molecule has 2 aromatic rings. The molecule has 0 aliphatic carbocycles. The summed E-state index contributed by atoms with van der Waals surface area (Å²) >= 11 is 0. The number of aromatic nitrogens is 1. The van der Waals surface area contributed by atoms with Crippen molar-refractivity contribution < 1.29 is 9.47 Å². The number of hydrogen-bond acceptors (Lipinski definition) is 4. The van der Waals surface area contributed by atoms with E-state index < -0.39 is 0 Å². The molecule has 1 aliphatic heterocycles. The SMILES string of the molecule is CCNC(=NCCCCn1c(C)cccc1=O)NCCc1ccc2c(c1)OCO2. The van der Waals surface area contributed by atoms with E-state index in [0.29, 0.717) is 6.79 Å². The van der Waals surface area contributed by atoms with Crippen LogP contribution >= 0.6 is 0 Å². The van der Waals surface area contributed by atoms with Crippen molar-refractivity contribution >= 4 is 5.96 Å². The van der Waals surface area contributed by atoms with Crippen molar-refractivity contribution in [2.45, 2.75) is 39.7 Å². The van der Waals surface area contributed by atoms with E-state index in [1.807, 2.05) is 29.7 Å². The third kappa shape index (κ3) is 6.01. The van der Waals surface area contributed by atoms with Crippen molar-refractivity contribution in [2.24, 2.45) is 4.99 Å². The Balaban J connectivity index is 1.41. The summed E-state index contributed by atoms with van der Waals surface area (Å²) in [4.78, 5) is 16.5. The van der Waals surface area contributed by atoms with Gasteiger partial charge in [-0.25, -0.2) is 0 Å². The van der Waals surface area contributed by atoms with Crippen LogP contribution in [0.15, 0.2) is 46.2 Å². The van der Waals surface area contributed by atoms with Crippen LogP contribution < -0.4 is 25.7 Å². The molecule has 0 saturated heterocycles. The van der Waals surface area contributed by atoms with Crippen LogP contribution in [0.4, 0.5) is 0 Å². The molecular weight excluding hydrogens is 368 g/mol. The summed E-state index contributed by atoms with van der Waals surface area (Å²) in [6.07, 6.45) is 2.72. The molecule has 3 rings (SSSR count). The first kappa shape index (κ1) is 20.8. The highest BCUT2D eigenvalue weighted by Gasteiger charge is 2.12. The lowest BCUT2D eigenvalue weighted by Crippen LogP contribution is -2.38. The smallest absolute Gasteiger partial charge is 0.250 e. The molecule has 2 N–H and O–H groups in total. The average Bonchev–Trinajstić information content (AvgIpc) is 3.17. The lowest BCUT2D eigenvalue weighted by Gasteiger charge is -2.12. The van der Waals surface area contributed by atoms with Gasteiger partial charge in [0.15, 0.2) is 17.5 Å². The normalized spacial score (nSPS) is 12.8. The number of guanidine groups is 1. The van der Waals surface area contributed by atoms with Crippen LogP contribution in [0.5, 0.6) is 11.5 Å². The molecule has 0 fully saturated rings. The van der Waals surface area contributed by atoms with Crippen molar-refractivity contribution in [3.8, 4) is 11.5 Å². The fraction of sp³-hybridized carbons (Fsp3) is 0.455. The number of fused-ring (bicyclic) bond motifs is 1. The third-order valence-electron chi connectivity index (χ3n) is 4.82. The zero-order valence-electron chi connectivity index (χ0n) is 17.2. The molecule has 0 atom stereocenters. The molecule has 1 aromatic carbocycles. The Morgan fingerprint density at radius 2 is 2.00 bits per heavy atom. The topological polar surface area (TPSA) is 76.9 Å². The monoisotopic (exact) mass is 398 g/mol. The molecule has 2 heterocycles. The molecule has 0 bridgehead atoms. The predicted molar refractivity (Wildman–Crippen MR) is 115 cm³/mol. The predicted octanol–water partition coefficient (Wildman–Crippen LogP) is 2.46. The lowest BCUT2D eigenvalue weighted by molar-refractivity contribution is 0.174. The minimum Gasteiger partial charge on any atom is -0.454 e. The molecule has 0 amide bonds. The van der Waals surface area contributed by atoms with E-state index in [1.54, 1.807) is 12.1 Å². The molecule has 1 aromatic heterocycles. The first-order valence-corrected chi connectivity index (χ1v) is 10.2. The van der Waals surface area contributed by atoms with Gasteiger partial charge in [-0.3, -0.25) is 9.79 Å². The summed E-state index contributed by atoms with van der Waals surface area (Å²) < 4.78 is 12.6. The summed E-state index contributed by atoms with van der Waals surface area (Å²) in [5.74, 6) is 2.45. The zero-order valence-corrected chi connectivity index (χ0v) is 17.2. The molecule has 1 aliphatic rings. The van der Waals surface area contributed by atoms with Crippen LogP contribution in [-0.4, -0.2) is 37.0 Å². The van der Waals surface area contributed by atoms with Gasteiger partial charge in [0, 0.05) is 37.9 Å². The minimum atomic E-state index is 0.0621. The summed E-state index contributed by atoms with van der Waals surface area (Å²) in [5.41, 5.74) is 2.26. The van der Waals surface area contributed by atoms with E-state index in [-0.39, 0.29) is 5.56 Å². The maximum Gasteiger partial charge on any atom is 0.250 e. The van der Waals surface area contributed by atoms with E-state index in [1.165, 1.54) is 5.56 Å². The second-order valence-corrected chi connectivity index (χ2v) is 6.99. The number of hydrogen-bond donors (Lipinski definition) is 2. The second kappa shape index (κ2) is 10.5. The molecule has 0 saturated carbocycles. The van der Waals surface area contributed by atoms with Crippen LogP contribution in [0.2, 0.25) is 0 Å². The summed E-state index contributed by atoms with van der Waals surface area (Å²) in [6.45, 7) is 7.37. The molecular formula is C22H30N4O3. The van der Waals surface area contributed by atoms with Gasteiger partial charge in [-0.15, -0.1) is 0 Å². The van der Waals surface area contributed by atoms with Gasteiger partial charge in [-0.05, 0) is 56.9 Å². The van der Waals surface area contributed by atoms with Crippen molar-refractivity contribution in [2.75, 3.05) is 26.4 Å². The van der Waals surface area contributed by atoms with Gasteiger partial charge < -0.3 is 24.7 Å². The fourth-order valence-corrected chi connectivity index (χ4v) is 3.25. The molecule has 7 heteroatoms. The van der Waals surface area contributed by atoms with Gasteiger partial charge in [0.1, 0.15) is 0 Å². The van der Waals surface area contributed by atoms with Gasteiger partial charge in [-0.2, -0.15) is 0 Å². The molecule has 156 valence electrons. The number of nitrogens with zero attached hydrogens (tertiary/aromatic N) is 2. The second-order valence-electron chi connectivity index (χ2n) is 6.99. The van der Waals surface area contributed by atoms with Crippen molar-refractivity contribution in [3.63, 3.8) is 0 Å². The maximum atomic E-state index is 11.9. The number of benzene rings is 1. The summed E-state index contributed by atoms with van der Waals surface area (Å²) in [7, 11) is 0. The summed E-state index contributed by atoms with van der Waals surface area (Å²) in [5, 5.41) is 6.65. The van der Waals surface area contributed by atoms with E-state index in [2.05, 4.69) is 28.6 Å². The van der Waals surface area contributed by atoms with Crippen LogP contribution in [0.1, 0.15) is 31.0 Å². The highest BCUT2D eigenvalue weighted by Crippen LogP contribution is 2.32. The zero-order chi connectivity index (χ0) is 20.5. The standard InChI is InChI=1S/C22H30N4O3/c1-3-23-22(24-12-4-5-14-26-17(2)7-6-8-21(26)27)25-13-11-18-9-10-19-20(15-18)29-16-28-19/h6-10,15H,3-5,11-14,16H2,1-2H3,(H2,23,24,25). The van der Waals surface area contributed by atoms with Crippen LogP contribution in [-0.2, 0) is 13.0 Å². The molecule has 0 unspecified atom stereocenters. The first-order valence-electron chi connectivity index (χ1n) is 10.2. The fourth-order valence-electron chi connectivity index (χ4n) is 3.25. The minimum absolute atomic E-state index is 0.0621. The molecule has 7 nitrogen and oxygen atoms in total. The molecule has 29 heavy (non-hydrogen) atoms. The average molecular weight is 399 g/mol. The summed E-state index contributed by atoms with van der Waals surface area (Å²) in [6, 6.07) is 11.4. The number of unbranched alkanes of at least 4 members (excludes halogenated alkanes) is 1. The van der Waals surface area contributed by atoms with E-state index in [4.69, 9.17) is 9.47 Å². The molecule has 0 radical (unpaired) electrons. The Labute approximate surface area is 171 Å². The van der Waals surface area contributed by atoms with Crippen molar-refractivity contribution in [3.05, 3.63) is 58.0 Å². The largest absolute Gasteiger partial charge is 0.454 e. The first-order chi connectivity index (χ1) is 14.2. The van der Waals surface area contributed by atoms with Crippen LogP contribution in [0.25, 0.3) is 0 Å². The number of rotatable bonds is 9. The number of nitrogens with one attached hydrogen (secondary N) is 2. The Kier molecular flexibility index (Phi) is 7.55. The highest BCUT2D eigenvalue weighted by atomic mass is 16.7. The van der Waals surface area contributed by atoms with Crippen molar-refractivity contribution in [1.82, 2.24) is 15.2 Å². The quantitative estimate of drug-likeness (QED) is 0.386. The van der Waals surface area contributed by atoms with E-state index in [0.717, 1.165) is 68.6 Å². The van der Waals surface area contributed by atoms with Gasteiger partial charge in [0.25, 0.3) is 5.56 Å². The number of pyridine rings is 1. The maximum absolute atomic E-state index is 11.9. The Morgan fingerprint density at radius 3 is 2.83 bits per heavy atom. The molecule has 0 spiro atoms. The Bertz CT molecular complexity index is 892. The number of aryl methyl sites for hydroxylation is 1. The van der Waals surface area contributed by atoms with E-state index in [9.17, 15) is 4.79 Å². The Hall–Kier alpha value is -2.96. The van der Waals surface area contributed by atoms with Gasteiger partial charge in [-0.1, -0.05) is 12.1 Å². The van der Waals surface area contributed by atoms with E-state index >= 15 is 0 Å². The van der Waals surface area contributed by atoms with Gasteiger partial charge in [0.05, 0.1) is 0 Å².